The highest BCUT2D eigenvalue weighted by Gasteiger charge is 2.34. The Balaban J connectivity index is 2.17. The number of halogens is 3. The van der Waals surface area contributed by atoms with Crippen LogP contribution in [-0.4, -0.2) is 14.6 Å². The third kappa shape index (κ3) is 2.47. The first-order valence-electron chi connectivity index (χ1n) is 6.21. The first-order chi connectivity index (χ1) is 9.99. The Morgan fingerprint density at radius 2 is 1.86 bits per heavy atom. The van der Waals surface area contributed by atoms with Gasteiger partial charge in [0.2, 0.25) is 0 Å². The number of nitrogens with zero attached hydrogens (tertiary/aromatic N) is 3. The van der Waals surface area contributed by atoms with Crippen molar-refractivity contribution in [2.45, 2.75) is 12.7 Å². The normalized spacial score (nSPS) is 12.0. The minimum Gasteiger partial charge on any atom is -0.326 e. The zero-order valence-electron chi connectivity index (χ0n) is 10.8. The summed E-state index contributed by atoms with van der Waals surface area (Å²) in [7, 11) is 0. The molecule has 0 radical (unpaired) electrons. The van der Waals surface area contributed by atoms with Crippen LogP contribution in [0.2, 0.25) is 0 Å². The van der Waals surface area contributed by atoms with Crippen molar-refractivity contribution in [3.63, 3.8) is 0 Å². The number of benzene rings is 1. The molecule has 0 bridgehead atoms. The van der Waals surface area contributed by atoms with Crippen molar-refractivity contribution in [2.75, 3.05) is 0 Å². The molecule has 0 amide bonds. The lowest BCUT2D eigenvalue weighted by Gasteiger charge is -2.09. The van der Waals surface area contributed by atoms with Gasteiger partial charge in [-0.2, -0.15) is 13.2 Å². The van der Waals surface area contributed by atoms with E-state index in [9.17, 15) is 13.2 Å². The molecule has 0 saturated carbocycles. The zero-order valence-corrected chi connectivity index (χ0v) is 10.8. The van der Waals surface area contributed by atoms with E-state index in [1.807, 2.05) is 0 Å². The van der Waals surface area contributed by atoms with Crippen molar-refractivity contribution in [2.24, 2.45) is 5.73 Å². The Morgan fingerprint density at radius 3 is 2.57 bits per heavy atom. The van der Waals surface area contributed by atoms with Gasteiger partial charge >= 0.3 is 6.18 Å². The Kier molecular flexibility index (Phi) is 3.13. The third-order valence-corrected chi connectivity index (χ3v) is 3.10. The Labute approximate surface area is 118 Å². The van der Waals surface area contributed by atoms with Gasteiger partial charge < -0.3 is 5.73 Å². The molecular formula is C14H11F3N4. The van der Waals surface area contributed by atoms with E-state index in [1.165, 1.54) is 22.7 Å². The highest BCUT2D eigenvalue weighted by Crippen LogP contribution is 2.35. The first-order valence-corrected chi connectivity index (χ1v) is 6.21. The fourth-order valence-corrected chi connectivity index (χ4v) is 2.09. The number of fused-ring (bicyclic) bond motifs is 1. The van der Waals surface area contributed by atoms with Crippen LogP contribution in [0.1, 0.15) is 11.1 Å². The summed E-state index contributed by atoms with van der Waals surface area (Å²) in [6.45, 7) is 0.324. The predicted molar refractivity (Wildman–Crippen MR) is 71.3 cm³/mol. The van der Waals surface area contributed by atoms with E-state index in [-0.39, 0.29) is 11.4 Å². The molecule has 2 aromatic heterocycles. The molecule has 4 nitrogen and oxygen atoms in total. The molecule has 0 aliphatic rings. The molecule has 2 N–H and O–H groups in total. The Hall–Kier alpha value is -2.41. The van der Waals surface area contributed by atoms with Gasteiger partial charge in [-0.1, -0.05) is 24.3 Å². The topological polar surface area (TPSA) is 56.2 Å². The molecule has 1 aromatic carbocycles. The molecule has 7 heteroatoms. The quantitative estimate of drug-likeness (QED) is 0.790. The van der Waals surface area contributed by atoms with Crippen molar-refractivity contribution in [1.29, 1.82) is 0 Å². The standard InChI is InChI=1S/C14H11F3N4/c15-14(16,17)11-4-2-1-3-10(11)13-19-12-6-5-9(7-18)8-21(12)20-13/h1-6,8H,7,18H2. The van der Waals surface area contributed by atoms with E-state index in [4.69, 9.17) is 5.73 Å². The maximum atomic E-state index is 13.0. The van der Waals surface area contributed by atoms with Crippen LogP contribution in [-0.2, 0) is 12.7 Å². The number of pyridine rings is 1. The van der Waals surface area contributed by atoms with Crippen molar-refractivity contribution in [3.05, 3.63) is 53.7 Å². The highest BCUT2D eigenvalue weighted by molar-refractivity contribution is 5.63. The number of rotatable bonds is 2. The second-order valence-corrected chi connectivity index (χ2v) is 4.52. The van der Waals surface area contributed by atoms with Gasteiger partial charge in [0.1, 0.15) is 0 Å². The highest BCUT2D eigenvalue weighted by atomic mass is 19.4. The van der Waals surface area contributed by atoms with Crippen LogP contribution >= 0.6 is 0 Å². The summed E-state index contributed by atoms with van der Waals surface area (Å²) >= 11 is 0. The van der Waals surface area contributed by atoms with Crippen molar-refractivity contribution >= 4 is 5.65 Å². The molecule has 0 saturated heterocycles. The van der Waals surface area contributed by atoms with Crippen LogP contribution in [0, 0.1) is 0 Å². The van der Waals surface area contributed by atoms with Gasteiger partial charge in [0.05, 0.1) is 5.56 Å². The first kappa shape index (κ1) is 13.6. The largest absolute Gasteiger partial charge is 0.417 e. The summed E-state index contributed by atoms with van der Waals surface area (Å²) in [6.07, 6.45) is -2.79. The molecule has 2 heterocycles. The van der Waals surface area contributed by atoms with E-state index in [0.717, 1.165) is 11.6 Å². The van der Waals surface area contributed by atoms with Gasteiger partial charge in [0.25, 0.3) is 0 Å². The lowest BCUT2D eigenvalue weighted by atomic mass is 10.1. The second kappa shape index (κ2) is 4.85. The molecule has 3 aromatic rings. The number of nitrogens with two attached hydrogens (primary N) is 1. The molecule has 0 fully saturated rings. The van der Waals surface area contributed by atoms with Crippen molar-refractivity contribution in [3.8, 4) is 11.4 Å². The Morgan fingerprint density at radius 1 is 1.10 bits per heavy atom. The van der Waals surface area contributed by atoms with Crippen LogP contribution in [0.15, 0.2) is 42.6 Å². The van der Waals surface area contributed by atoms with Gasteiger partial charge in [-0.3, -0.25) is 0 Å². The van der Waals surface area contributed by atoms with Crippen molar-refractivity contribution < 1.29 is 13.2 Å². The average molecular weight is 292 g/mol. The molecule has 108 valence electrons. The third-order valence-electron chi connectivity index (χ3n) is 3.10. The van der Waals surface area contributed by atoms with Gasteiger partial charge in [-0.25, -0.2) is 9.50 Å². The van der Waals surface area contributed by atoms with Gasteiger partial charge in [-0.05, 0) is 17.7 Å². The van der Waals surface area contributed by atoms with Crippen LogP contribution in [0.25, 0.3) is 17.0 Å². The number of hydrogen-bond acceptors (Lipinski definition) is 3. The van der Waals surface area contributed by atoms with Crippen LogP contribution < -0.4 is 5.73 Å². The van der Waals surface area contributed by atoms with Crippen molar-refractivity contribution in [1.82, 2.24) is 14.6 Å². The molecule has 3 rings (SSSR count). The summed E-state index contributed by atoms with van der Waals surface area (Å²) in [4.78, 5) is 4.14. The van der Waals surface area contributed by atoms with E-state index in [2.05, 4.69) is 10.1 Å². The maximum Gasteiger partial charge on any atom is 0.417 e. The monoisotopic (exact) mass is 292 g/mol. The lowest BCUT2D eigenvalue weighted by Crippen LogP contribution is -2.07. The fourth-order valence-electron chi connectivity index (χ4n) is 2.09. The fraction of sp³-hybridized carbons (Fsp3) is 0.143. The lowest BCUT2D eigenvalue weighted by molar-refractivity contribution is -0.137. The van der Waals surface area contributed by atoms with Crippen LogP contribution in [0.4, 0.5) is 13.2 Å². The van der Waals surface area contributed by atoms with Gasteiger partial charge in [-0.15, -0.1) is 5.10 Å². The predicted octanol–water partition coefficient (Wildman–Crippen LogP) is 2.87. The summed E-state index contributed by atoms with van der Waals surface area (Å²) in [5, 5.41) is 4.12. The molecule has 0 spiro atoms. The molecule has 0 aliphatic carbocycles. The summed E-state index contributed by atoms with van der Waals surface area (Å²) in [5.74, 6) is 0.0390. The van der Waals surface area contributed by atoms with Crippen LogP contribution in [0.3, 0.4) is 0 Å². The zero-order chi connectivity index (χ0) is 15.0. The van der Waals surface area contributed by atoms with E-state index in [0.29, 0.717) is 12.2 Å². The smallest absolute Gasteiger partial charge is 0.326 e. The molecule has 0 atom stereocenters. The number of aromatic nitrogens is 3. The average Bonchev–Trinajstić information content (AvgIpc) is 2.89. The van der Waals surface area contributed by atoms with E-state index >= 15 is 0 Å². The maximum absolute atomic E-state index is 13.0. The van der Waals surface area contributed by atoms with Crippen LogP contribution in [0.5, 0.6) is 0 Å². The van der Waals surface area contributed by atoms with Gasteiger partial charge in [0, 0.05) is 18.3 Å². The SMILES string of the molecule is NCc1ccc2nc(-c3ccccc3C(F)(F)F)nn2c1. The number of alkyl halides is 3. The summed E-state index contributed by atoms with van der Waals surface area (Å²) < 4.78 is 40.5. The molecule has 0 unspecified atom stereocenters. The summed E-state index contributed by atoms with van der Waals surface area (Å²) in [6, 6.07) is 8.70. The van der Waals surface area contributed by atoms with E-state index < -0.39 is 11.7 Å². The Bertz CT molecular complexity index is 792. The molecule has 0 aliphatic heterocycles. The minimum atomic E-state index is -4.45. The summed E-state index contributed by atoms with van der Waals surface area (Å²) in [5.41, 5.74) is 6.03. The minimum absolute atomic E-state index is 0.0389. The second-order valence-electron chi connectivity index (χ2n) is 4.52. The number of hydrogen-bond donors (Lipinski definition) is 1. The molecular weight excluding hydrogens is 281 g/mol. The molecule has 21 heavy (non-hydrogen) atoms. The van der Waals surface area contributed by atoms with E-state index in [1.54, 1.807) is 18.3 Å². The van der Waals surface area contributed by atoms with Gasteiger partial charge in [0.15, 0.2) is 11.5 Å².